The Labute approximate surface area is 140 Å². The zero-order chi connectivity index (χ0) is 15.5. The summed E-state index contributed by atoms with van der Waals surface area (Å²) in [5, 5.41) is 0.753. The molecule has 3 unspecified atom stereocenters. The summed E-state index contributed by atoms with van der Waals surface area (Å²) < 4.78 is 0. The van der Waals surface area contributed by atoms with E-state index in [9.17, 15) is 4.79 Å². The van der Waals surface area contributed by atoms with E-state index in [0.29, 0.717) is 18.4 Å². The molecule has 0 aliphatic carbocycles. The number of nitrogens with one attached hydrogen (secondary N) is 2. The lowest BCUT2D eigenvalue weighted by molar-refractivity contribution is -0.132. The number of thioether (sulfide) groups is 1. The number of amides is 1. The number of carbonyl (C=O) groups is 1. The lowest BCUT2D eigenvalue weighted by Crippen LogP contribution is -2.47. The fourth-order valence-corrected chi connectivity index (χ4v) is 3.88. The average Bonchev–Trinajstić information content (AvgIpc) is 2.96. The van der Waals surface area contributed by atoms with E-state index >= 15 is 0 Å². The van der Waals surface area contributed by atoms with Crippen molar-refractivity contribution in [3.63, 3.8) is 0 Å². The van der Waals surface area contributed by atoms with Gasteiger partial charge >= 0.3 is 0 Å². The van der Waals surface area contributed by atoms with Gasteiger partial charge in [-0.3, -0.25) is 10.2 Å². The SMILES string of the molecule is CSCCC(=O)N1CCC2NNC(c3ccc(Cl)cc3)C2C1. The molecule has 0 radical (unpaired) electrons. The highest BCUT2D eigenvalue weighted by Gasteiger charge is 2.41. The molecule has 0 bridgehead atoms. The molecule has 4 nitrogen and oxygen atoms in total. The van der Waals surface area contributed by atoms with Gasteiger partial charge in [0.1, 0.15) is 0 Å². The van der Waals surface area contributed by atoms with Crippen LogP contribution in [-0.4, -0.2) is 41.9 Å². The van der Waals surface area contributed by atoms with Crippen molar-refractivity contribution >= 4 is 29.3 Å². The predicted octanol–water partition coefficient (Wildman–Crippen LogP) is 2.46. The molecule has 0 saturated carbocycles. The van der Waals surface area contributed by atoms with Gasteiger partial charge in [0, 0.05) is 42.2 Å². The summed E-state index contributed by atoms with van der Waals surface area (Å²) in [7, 11) is 0. The summed E-state index contributed by atoms with van der Waals surface area (Å²) in [5.74, 6) is 1.60. The molecule has 3 atom stereocenters. The van der Waals surface area contributed by atoms with Gasteiger partial charge in [-0.15, -0.1) is 0 Å². The molecule has 2 saturated heterocycles. The first kappa shape index (κ1) is 16.1. The minimum absolute atomic E-state index is 0.235. The molecule has 2 aliphatic rings. The summed E-state index contributed by atoms with van der Waals surface area (Å²) in [4.78, 5) is 14.3. The second-order valence-corrected chi connectivity index (χ2v) is 7.38. The third-order valence-electron chi connectivity index (χ3n) is 4.61. The van der Waals surface area contributed by atoms with Crippen LogP contribution in [0, 0.1) is 5.92 Å². The fraction of sp³-hybridized carbons (Fsp3) is 0.562. The van der Waals surface area contributed by atoms with Crippen LogP contribution in [0.2, 0.25) is 5.02 Å². The van der Waals surface area contributed by atoms with Gasteiger partial charge < -0.3 is 4.90 Å². The highest BCUT2D eigenvalue weighted by molar-refractivity contribution is 7.98. The van der Waals surface area contributed by atoms with Crippen LogP contribution >= 0.6 is 23.4 Å². The van der Waals surface area contributed by atoms with Crippen molar-refractivity contribution in [1.82, 2.24) is 15.8 Å². The maximum Gasteiger partial charge on any atom is 0.223 e. The molecule has 6 heteroatoms. The molecule has 2 N–H and O–H groups in total. The first-order valence-electron chi connectivity index (χ1n) is 7.72. The number of hydrogen-bond donors (Lipinski definition) is 2. The Kier molecular flexibility index (Phi) is 5.29. The summed E-state index contributed by atoms with van der Waals surface area (Å²) >= 11 is 7.71. The molecular formula is C16H22ClN3OS. The predicted molar refractivity (Wildman–Crippen MR) is 91.9 cm³/mol. The summed E-state index contributed by atoms with van der Waals surface area (Å²) in [6.45, 7) is 1.68. The summed E-state index contributed by atoms with van der Waals surface area (Å²) in [6.07, 6.45) is 3.69. The third kappa shape index (κ3) is 3.43. The topological polar surface area (TPSA) is 44.4 Å². The monoisotopic (exact) mass is 339 g/mol. The second kappa shape index (κ2) is 7.21. The van der Waals surface area contributed by atoms with Crippen molar-refractivity contribution in [2.75, 3.05) is 25.1 Å². The molecule has 0 aromatic heterocycles. The Balaban J connectivity index is 1.68. The molecule has 2 fully saturated rings. The molecule has 2 aliphatic heterocycles. The van der Waals surface area contributed by atoms with Gasteiger partial charge in [-0.25, -0.2) is 5.43 Å². The normalized spacial score (nSPS) is 27.7. The lowest BCUT2D eigenvalue weighted by atomic mass is 9.85. The van der Waals surface area contributed by atoms with Crippen molar-refractivity contribution < 1.29 is 4.79 Å². The summed E-state index contributed by atoms with van der Waals surface area (Å²) in [6, 6.07) is 8.66. The van der Waals surface area contributed by atoms with Crippen LogP contribution in [0.3, 0.4) is 0 Å². The van der Waals surface area contributed by atoms with E-state index in [1.807, 2.05) is 23.3 Å². The van der Waals surface area contributed by atoms with Crippen molar-refractivity contribution in [2.24, 2.45) is 5.92 Å². The van der Waals surface area contributed by atoms with Crippen LogP contribution in [0.25, 0.3) is 0 Å². The van der Waals surface area contributed by atoms with Crippen molar-refractivity contribution in [1.29, 1.82) is 0 Å². The van der Waals surface area contributed by atoms with Gasteiger partial charge in [-0.05, 0) is 30.4 Å². The number of likely N-dealkylation sites (tertiary alicyclic amines) is 1. The number of rotatable bonds is 4. The quantitative estimate of drug-likeness (QED) is 0.884. The van der Waals surface area contributed by atoms with E-state index in [1.165, 1.54) is 5.56 Å². The maximum atomic E-state index is 12.3. The van der Waals surface area contributed by atoms with Crippen LogP contribution in [0.15, 0.2) is 24.3 Å². The zero-order valence-corrected chi connectivity index (χ0v) is 14.3. The van der Waals surface area contributed by atoms with Crippen LogP contribution in [0.1, 0.15) is 24.4 Å². The third-order valence-corrected chi connectivity index (χ3v) is 5.48. The fourth-order valence-electron chi connectivity index (χ4n) is 3.38. The van der Waals surface area contributed by atoms with Gasteiger partial charge in [0.25, 0.3) is 0 Å². The minimum atomic E-state index is 0.235. The Morgan fingerprint density at radius 2 is 2.14 bits per heavy atom. The van der Waals surface area contributed by atoms with Gasteiger partial charge in [0.2, 0.25) is 5.91 Å². The van der Waals surface area contributed by atoms with Gasteiger partial charge in [0.05, 0.1) is 6.04 Å². The number of halogens is 1. The maximum absolute atomic E-state index is 12.3. The van der Waals surface area contributed by atoms with E-state index in [0.717, 1.165) is 30.3 Å². The Morgan fingerprint density at radius 1 is 1.36 bits per heavy atom. The van der Waals surface area contributed by atoms with Crippen molar-refractivity contribution in [3.05, 3.63) is 34.9 Å². The first-order valence-corrected chi connectivity index (χ1v) is 9.49. The smallest absolute Gasteiger partial charge is 0.223 e. The average molecular weight is 340 g/mol. The molecule has 1 aromatic carbocycles. The Hall–Kier alpha value is -0.750. The molecule has 2 heterocycles. The van der Waals surface area contributed by atoms with Crippen LogP contribution in [-0.2, 0) is 4.79 Å². The Bertz CT molecular complexity index is 525. The van der Waals surface area contributed by atoms with Crippen LogP contribution in [0.5, 0.6) is 0 Å². The Morgan fingerprint density at radius 3 is 2.86 bits per heavy atom. The highest BCUT2D eigenvalue weighted by Crippen LogP contribution is 2.34. The van der Waals surface area contributed by atoms with Crippen LogP contribution in [0.4, 0.5) is 0 Å². The molecule has 0 spiro atoms. The largest absolute Gasteiger partial charge is 0.342 e. The van der Waals surface area contributed by atoms with Crippen LogP contribution < -0.4 is 10.9 Å². The molecule has 3 rings (SSSR count). The number of nitrogens with zero attached hydrogens (tertiary/aromatic N) is 1. The second-order valence-electron chi connectivity index (χ2n) is 5.96. The minimum Gasteiger partial charge on any atom is -0.342 e. The number of hydrazine groups is 1. The molecule has 22 heavy (non-hydrogen) atoms. The van der Waals surface area contributed by atoms with E-state index in [-0.39, 0.29) is 11.9 Å². The van der Waals surface area contributed by atoms with Crippen molar-refractivity contribution in [3.8, 4) is 0 Å². The number of hydrogen-bond acceptors (Lipinski definition) is 4. The van der Waals surface area contributed by atoms with Crippen molar-refractivity contribution in [2.45, 2.75) is 24.9 Å². The number of fused-ring (bicyclic) bond motifs is 1. The van der Waals surface area contributed by atoms with Gasteiger partial charge in [-0.2, -0.15) is 11.8 Å². The molecule has 120 valence electrons. The van der Waals surface area contributed by atoms with E-state index < -0.39 is 0 Å². The van der Waals surface area contributed by atoms with Gasteiger partial charge in [-0.1, -0.05) is 23.7 Å². The van der Waals surface area contributed by atoms with Gasteiger partial charge in [0.15, 0.2) is 0 Å². The highest BCUT2D eigenvalue weighted by atomic mass is 35.5. The number of piperidine rings is 1. The van der Waals surface area contributed by atoms with E-state index in [2.05, 4.69) is 23.0 Å². The number of carbonyl (C=O) groups excluding carboxylic acids is 1. The lowest BCUT2D eigenvalue weighted by Gasteiger charge is -2.36. The summed E-state index contributed by atoms with van der Waals surface area (Å²) in [5.41, 5.74) is 8.03. The van der Waals surface area contributed by atoms with E-state index in [1.54, 1.807) is 11.8 Å². The standard InChI is InChI=1S/C16H22ClN3OS/c1-22-9-7-15(21)20-8-6-14-13(10-20)16(19-18-14)11-2-4-12(17)5-3-11/h2-5,13-14,16,18-19H,6-10H2,1H3. The molecule has 1 aromatic rings. The first-order chi connectivity index (χ1) is 10.7. The zero-order valence-electron chi connectivity index (χ0n) is 12.7. The van der Waals surface area contributed by atoms with E-state index in [4.69, 9.17) is 11.6 Å². The number of benzene rings is 1. The molecular weight excluding hydrogens is 318 g/mol. The molecule has 1 amide bonds.